The summed E-state index contributed by atoms with van der Waals surface area (Å²) in [6, 6.07) is 8.98. The molecule has 1 aliphatic heterocycles. The molecule has 1 N–H and O–H groups in total. The van der Waals surface area contributed by atoms with Gasteiger partial charge in [-0.3, -0.25) is 4.98 Å². The topological polar surface area (TPSA) is 93.2 Å². The number of nitrogens with one attached hydrogen (secondary N) is 1. The number of halogens is 1. The lowest BCUT2D eigenvalue weighted by Crippen LogP contribution is -2.43. The Bertz CT molecular complexity index is 945. The van der Waals surface area contributed by atoms with Crippen LogP contribution in [0.3, 0.4) is 0 Å². The molecule has 1 saturated heterocycles. The van der Waals surface area contributed by atoms with Crippen molar-refractivity contribution >= 4 is 19.7 Å². The minimum atomic E-state index is -3.91. The van der Waals surface area contributed by atoms with Crippen LogP contribution >= 0.6 is 0 Å². The Morgan fingerprint density at radius 2 is 1.84 bits per heavy atom. The summed E-state index contributed by atoms with van der Waals surface area (Å²) >= 11 is 0. The van der Waals surface area contributed by atoms with E-state index in [2.05, 4.69) is 10.3 Å². The maximum Gasteiger partial charge on any atom is 0.183 e. The Morgan fingerprint density at radius 3 is 2.48 bits per heavy atom. The van der Waals surface area contributed by atoms with Crippen LogP contribution in [0.15, 0.2) is 53.6 Å². The standard InChI is InChI=1S/C16H17FN2O4S2/c17-12-4-6-14(7-5-12)25(22,23)16-11-24(20,21)10-15(16)19-9-13-3-1-2-8-18-13/h1-8,15-16,19H,9-11H2. The molecular weight excluding hydrogens is 367 g/mol. The van der Waals surface area contributed by atoms with Gasteiger partial charge < -0.3 is 5.32 Å². The van der Waals surface area contributed by atoms with E-state index in [1.165, 1.54) is 0 Å². The predicted octanol–water partition coefficient (Wildman–Crippen LogP) is 0.950. The minimum Gasteiger partial charge on any atom is -0.306 e. The van der Waals surface area contributed by atoms with E-state index in [0.717, 1.165) is 24.3 Å². The van der Waals surface area contributed by atoms with Crippen molar-refractivity contribution in [1.29, 1.82) is 0 Å². The Labute approximate surface area is 145 Å². The average Bonchev–Trinajstić information content (AvgIpc) is 2.90. The number of nitrogens with zero attached hydrogens (tertiary/aromatic N) is 1. The van der Waals surface area contributed by atoms with Gasteiger partial charge in [0.1, 0.15) is 5.82 Å². The van der Waals surface area contributed by atoms with Crippen molar-refractivity contribution in [2.75, 3.05) is 11.5 Å². The molecule has 0 amide bonds. The van der Waals surface area contributed by atoms with Gasteiger partial charge in [-0.05, 0) is 36.4 Å². The molecular formula is C16H17FN2O4S2. The van der Waals surface area contributed by atoms with Crippen LogP contribution in [0.1, 0.15) is 5.69 Å². The molecule has 1 aromatic carbocycles. The van der Waals surface area contributed by atoms with Gasteiger partial charge in [0.25, 0.3) is 0 Å². The SMILES string of the molecule is O=S1(=O)CC(NCc2ccccn2)C(S(=O)(=O)c2ccc(F)cc2)C1. The predicted molar refractivity (Wildman–Crippen MR) is 90.9 cm³/mol. The molecule has 1 fully saturated rings. The molecule has 0 radical (unpaired) electrons. The van der Waals surface area contributed by atoms with Gasteiger partial charge in [0.05, 0.1) is 27.3 Å². The largest absolute Gasteiger partial charge is 0.306 e. The molecule has 25 heavy (non-hydrogen) atoms. The average molecular weight is 384 g/mol. The highest BCUT2D eigenvalue weighted by Crippen LogP contribution is 2.26. The van der Waals surface area contributed by atoms with Crippen molar-refractivity contribution < 1.29 is 21.2 Å². The number of sulfone groups is 2. The van der Waals surface area contributed by atoms with Crippen LogP contribution in [0.4, 0.5) is 4.39 Å². The quantitative estimate of drug-likeness (QED) is 0.772. The molecule has 6 nitrogen and oxygen atoms in total. The summed E-state index contributed by atoms with van der Waals surface area (Å²) in [5, 5.41) is 1.88. The zero-order valence-electron chi connectivity index (χ0n) is 13.2. The number of hydrogen-bond acceptors (Lipinski definition) is 6. The minimum absolute atomic E-state index is 0.0827. The van der Waals surface area contributed by atoms with Crippen molar-refractivity contribution in [2.24, 2.45) is 0 Å². The Hall–Kier alpha value is -1.84. The molecule has 2 aromatic rings. The maximum atomic E-state index is 13.1. The second-order valence-corrected chi connectivity index (χ2v) is 10.2. The van der Waals surface area contributed by atoms with Gasteiger partial charge >= 0.3 is 0 Å². The zero-order chi connectivity index (χ0) is 18.1. The van der Waals surface area contributed by atoms with Gasteiger partial charge in [-0.2, -0.15) is 0 Å². The lowest BCUT2D eigenvalue weighted by molar-refractivity contribution is 0.522. The van der Waals surface area contributed by atoms with E-state index in [1.54, 1.807) is 24.4 Å². The van der Waals surface area contributed by atoms with E-state index in [1.807, 2.05) is 0 Å². The number of benzene rings is 1. The molecule has 2 unspecified atom stereocenters. The van der Waals surface area contributed by atoms with E-state index in [-0.39, 0.29) is 17.2 Å². The van der Waals surface area contributed by atoms with Crippen LogP contribution in [0.25, 0.3) is 0 Å². The van der Waals surface area contributed by atoms with Gasteiger partial charge in [-0.25, -0.2) is 21.2 Å². The second-order valence-electron chi connectivity index (χ2n) is 5.92. The van der Waals surface area contributed by atoms with Crippen LogP contribution in [0.5, 0.6) is 0 Å². The van der Waals surface area contributed by atoms with Gasteiger partial charge in [0, 0.05) is 18.8 Å². The van der Waals surface area contributed by atoms with Crippen molar-refractivity contribution in [3.05, 3.63) is 60.2 Å². The number of aromatic nitrogens is 1. The van der Waals surface area contributed by atoms with Crippen molar-refractivity contribution in [2.45, 2.75) is 22.7 Å². The molecule has 2 atom stereocenters. The Balaban J connectivity index is 1.85. The van der Waals surface area contributed by atoms with E-state index in [0.29, 0.717) is 5.69 Å². The van der Waals surface area contributed by atoms with Crippen LogP contribution in [-0.2, 0) is 26.2 Å². The number of rotatable bonds is 5. The third-order valence-electron chi connectivity index (χ3n) is 4.11. The summed E-state index contributed by atoms with van der Waals surface area (Å²) in [4.78, 5) is 4.05. The fourth-order valence-corrected chi connectivity index (χ4v) is 7.57. The third-order valence-corrected chi connectivity index (χ3v) is 8.28. The molecule has 134 valence electrons. The number of pyridine rings is 1. The molecule has 1 aliphatic rings. The van der Waals surface area contributed by atoms with E-state index < -0.39 is 42.5 Å². The van der Waals surface area contributed by atoms with Crippen LogP contribution in [0, 0.1) is 5.82 Å². The molecule has 0 bridgehead atoms. The molecule has 0 spiro atoms. The van der Waals surface area contributed by atoms with Crippen molar-refractivity contribution in [3.63, 3.8) is 0 Å². The highest BCUT2D eigenvalue weighted by Gasteiger charge is 2.45. The monoisotopic (exact) mass is 384 g/mol. The summed E-state index contributed by atoms with van der Waals surface area (Å²) in [5.41, 5.74) is 0.685. The molecule has 0 aliphatic carbocycles. The Morgan fingerprint density at radius 1 is 1.12 bits per heavy atom. The summed E-state index contributed by atoms with van der Waals surface area (Å²) in [6.07, 6.45) is 1.61. The van der Waals surface area contributed by atoms with Crippen molar-refractivity contribution in [1.82, 2.24) is 10.3 Å². The lowest BCUT2D eigenvalue weighted by atomic mass is 10.2. The first kappa shape index (κ1) is 18.0. The highest BCUT2D eigenvalue weighted by atomic mass is 32.2. The van der Waals surface area contributed by atoms with Crippen LogP contribution < -0.4 is 5.32 Å². The summed E-state index contributed by atoms with van der Waals surface area (Å²) < 4.78 is 62.7. The Kier molecular flexibility index (Phi) is 4.90. The molecule has 0 saturated carbocycles. The van der Waals surface area contributed by atoms with E-state index >= 15 is 0 Å². The lowest BCUT2D eigenvalue weighted by Gasteiger charge is -2.20. The maximum absolute atomic E-state index is 13.1. The smallest absolute Gasteiger partial charge is 0.183 e. The van der Waals surface area contributed by atoms with E-state index in [9.17, 15) is 21.2 Å². The van der Waals surface area contributed by atoms with Gasteiger partial charge in [-0.15, -0.1) is 0 Å². The summed E-state index contributed by atoms with van der Waals surface area (Å²) in [7, 11) is -7.39. The first-order chi connectivity index (χ1) is 11.8. The molecule has 9 heteroatoms. The fraction of sp³-hybridized carbons (Fsp3) is 0.312. The zero-order valence-corrected chi connectivity index (χ0v) is 14.8. The van der Waals surface area contributed by atoms with Crippen molar-refractivity contribution in [3.8, 4) is 0 Å². The first-order valence-corrected chi connectivity index (χ1v) is 11.0. The van der Waals surface area contributed by atoms with Gasteiger partial charge in [-0.1, -0.05) is 6.07 Å². The van der Waals surface area contributed by atoms with Gasteiger partial charge in [0.15, 0.2) is 19.7 Å². The fourth-order valence-electron chi connectivity index (χ4n) is 2.85. The summed E-state index contributed by atoms with van der Waals surface area (Å²) in [6.45, 7) is 0.260. The third kappa shape index (κ3) is 4.05. The summed E-state index contributed by atoms with van der Waals surface area (Å²) in [5.74, 6) is -1.26. The number of hydrogen-bond donors (Lipinski definition) is 1. The first-order valence-electron chi connectivity index (χ1n) is 7.61. The van der Waals surface area contributed by atoms with Gasteiger partial charge in [0.2, 0.25) is 0 Å². The highest BCUT2D eigenvalue weighted by molar-refractivity contribution is 7.96. The molecule has 2 heterocycles. The van der Waals surface area contributed by atoms with E-state index in [4.69, 9.17) is 0 Å². The van der Waals surface area contributed by atoms with Crippen LogP contribution in [0.2, 0.25) is 0 Å². The van der Waals surface area contributed by atoms with Crippen LogP contribution in [-0.4, -0.2) is 44.6 Å². The second kappa shape index (κ2) is 6.81. The molecule has 1 aromatic heterocycles. The normalized spacial score (nSPS) is 22.8. The molecule has 3 rings (SSSR count).